The van der Waals surface area contributed by atoms with E-state index in [0.29, 0.717) is 29.4 Å². The van der Waals surface area contributed by atoms with Gasteiger partial charge < -0.3 is 4.90 Å². The number of nitrogens with zero attached hydrogens (tertiary/aromatic N) is 1. The van der Waals surface area contributed by atoms with Crippen molar-refractivity contribution in [3.63, 3.8) is 0 Å². The van der Waals surface area contributed by atoms with Crippen LogP contribution in [0.25, 0.3) is 0 Å². The average Bonchev–Trinajstić information content (AvgIpc) is 2.94. The van der Waals surface area contributed by atoms with Crippen molar-refractivity contribution in [1.82, 2.24) is 4.90 Å². The summed E-state index contributed by atoms with van der Waals surface area (Å²) in [6.45, 7) is 6.53. The fourth-order valence-corrected chi connectivity index (χ4v) is 5.50. The third-order valence-corrected chi connectivity index (χ3v) is 7.26. The van der Waals surface area contributed by atoms with E-state index >= 15 is 0 Å². The van der Waals surface area contributed by atoms with Crippen LogP contribution in [0.1, 0.15) is 28.5 Å². The molecular weight excluding hydrogens is 344 g/mol. The molecule has 3 rings (SSSR count). The van der Waals surface area contributed by atoms with Gasteiger partial charge in [0, 0.05) is 24.9 Å². The molecule has 1 aromatic carbocycles. The Hall–Kier alpha value is -1.86. The van der Waals surface area contributed by atoms with Crippen LogP contribution in [-0.2, 0) is 27.8 Å². The molecule has 5 nitrogen and oxygen atoms in total. The largest absolute Gasteiger partial charge is 0.338 e. The van der Waals surface area contributed by atoms with Crippen LogP contribution in [0.15, 0.2) is 28.5 Å². The monoisotopic (exact) mass is 364 g/mol. The van der Waals surface area contributed by atoms with E-state index in [1.807, 2.05) is 26.0 Å². The summed E-state index contributed by atoms with van der Waals surface area (Å²) < 4.78 is 28.4. The molecule has 1 aliphatic heterocycles. The second kappa shape index (κ2) is 6.22. The fourth-order valence-electron chi connectivity index (χ4n) is 2.83. The van der Waals surface area contributed by atoms with Gasteiger partial charge in [-0.15, -0.1) is 11.3 Å². The van der Waals surface area contributed by atoms with Gasteiger partial charge in [-0.25, -0.2) is 8.42 Å². The highest BCUT2D eigenvalue weighted by molar-refractivity contribution is 7.94. The standard InChI is InChI=1S/C17H20N2O3S2/c1-11-4-5-15(12(2)8-11)18-24(21,22)17-9-14-10-19(13(3)20)7-6-16(14)23-17/h4-5,8-9,18H,6-7,10H2,1-3H3. The van der Waals surface area contributed by atoms with E-state index in [2.05, 4.69) is 4.72 Å². The van der Waals surface area contributed by atoms with Crippen LogP contribution in [0.3, 0.4) is 0 Å². The second-order valence-corrected chi connectivity index (χ2v) is 9.17. The molecule has 0 radical (unpaired) electrons. The van der Waals surface area contributed by atoms with Crippen molar-refractivity contribution >= 4 is 33.0 Å². The van der Waals surface area contributed by atoms with Crippen LogP contribution >= 0.6 is 11.3 Å². The number of nitrogens with one attached hydrogen (secondary N) is 1. The number of benzene rings is 1. The Labute approximate surface area is 146 Å². The smallest absolute Gasteiger partial charge is 0.271 e. The molecule has 1 amide bonds. The maximum atomic E-state index is 12.7. The Morgan fingerprint density at radius 1 is 1.25 bits per heavy atom. The number of hydrogen-bond donors (Lipinski definition) is 1. The number of rotatable bonds is 3. The summed E-state index contributed by atoms with van der Waals surface area (Å²) in [7, 11) is -3.62. The Balaban J connectivity index is 1.87. The Kier molecular flexibility index (Phi) is 4.40. The van der Waals surface area contributed by atoms with Crippen molar-refractivity contribution in [2.24, 2.45) is 0 Å². The molecule has 1 N–H and O–H groups in total. The lowest BCUT2D eigenvalue weighted by molar-refractivity contribution is -0.129. The Morgan fingerprint density at radius 2 is 2.00 bits per heavy atom. The minimum atomic E-state index is -3.62. The molecule has 7 heteroatoms. The molecule has 0 fully saturated rings. The zero-order valence-corrected chi connectivity index (χ0v) is 15.6. The van der Waals surface area contributed by atoms with Gasteiger partial charge in [0.1, 0.15) is 4.21 Å². The van der Waals surface area contributed by atoms with Gasteiger partial charge in [-0.1, -0.05) is 17.7 Å². The molecule has 24 heavy (non-hydrogen) atoms. The molecule has 0 spiro atoms. The number of anilines is 1. The number of fused-ring (bicyclic) bond motifs is 1. The van der Waals surface area contributed by atoms with E-state index in [1.165, 1.54) is 18.3 Å². The third-order valence-electron chi connectivity index (χ3n) is 4.18. The van der Waals surface area contributed by atoms with Gasteiger partial charge in [0.05, 0.1) is 5.69 Å². The quantitative estimate of drug-likeness (QED) is 0.910. The van der Waals surface area contributed by atoms with Crippen molar-refractivity contribution in [1.29, 1.82) is 0 Å². The SMILES string of the molecule is CC(=O)N1CCc2sc(S(=O)(=O)Nc3ccc(C)cc3C)cc2C1. The van der Waals surface area contributed by atoms with Crippen molar-refractivity contribution < 1.29 is 13.2 Å². The molecule has 2 aromatic rings. The Bertz CT molecular complexity index is 901. The molecular formula is C17H20N2O3S2. The van der Waals surface area contributed by atoms with E-state index in [1.54, 1.807) is 17.0 Å². The van der Waals surface area contributed by atoms with E-state index < -0.39 is 10.0 Å². The van der Waals surface area contributed by atoms with Gasteiger partial charge >= 0.3 is 0 Å². The number of thiophene rings is 1. The number of carbonyl (C=O) groups is 1. The number of sulfonamides is 1. The summed E-state index contributed by atoms with van der Waals surface area (Å²) in [4.78, 5) is 14.3. The molecule has 1 aliphatic rings. The second-order valence-electron chi connectivity index (χ2n) is 6.13. The van der Waals surface area contributed by atoms with Crippen molar-refractivity contribution in [3.05, 3.63) is 45.8 Å². The zero-order valence-electron chi connectivity index (χ0n) is 13.9. The number of carbonyl (C=O) groups excluding carboxylic acids is 1. The van der Waals surface area contributed by atoms with Crippen molar-refractivity contribution in [2.75, 3.05) is 11.3 Å². The van der Waals surface area contributed by atoms with Crippen molar-refractivity contribution in [2.45, 2.75) is 37.9 Å². The predicted octanol–water partition coefficient (Wildman–Crippen LogP) is 3.07. The first-order valence-electron chi connectivity index (χ1n) is 7.73. The lowest BCUT2D eigenvalue weighted by atomic mass is 10.1. The molecule has 0 bridgehead atoms. The van der Waals surface area contributed by atoms with Crippen LogP contribution in [0.4, 0.5) is 5.69 Å². The van der Waals surface area contributed by atoms with E-state index in [0.717, 1.165) is 21.6 Å². The summed E-state index contributed by atoms with van der Waals surface area (Å²) in [6.07, 6.45) is 0.707. The normalized spacial score (nSPS) is 14.4. The van der Waals surface area contributed by atoms with Crippen LogP contribution in [0.2, 0.25) is 0 Å². The molecule has 0 unspecified atom stereocenters. The van der Waals surface area contributed by atoms with Crippen LogP contribution in [0, 0.1) is 13.8 Å². The van der Waals surface area contributed by atoms with Gasteiger partial charge in [-0.05, 0) is 43.5 Å². The first kappa shape index (κ1) is 17.0. The minimum absolute atomic E-state index is 0.0182. The van der Waals surface area contributed by atoms with Gasteiger partial charge in [0.25, 0.3) is 10.0 Å². The van der Waals surface area contributed by atoms with E-state index in [9.17, 15) is 13.2 Å². The number of aryl methyl sites for hydroxylation is 2. The van der Waals surface area contributed by atoms with Gasteiger partial charge in [-0.3, -0.25) is 9.52 Å². The van der Waals surface area contributed by atoms with E-state index in [4.69, 9.17) is 0 Å². The molecule has 0 saturated carbocycles. The third kappa shape index (κ3) is 3.32. The molecule has 0 saturated heterocycles. The molecule has 2 heterocycles. The number of hydrogen-bond acceptors (Lipinski definition) is 4. The summed E-state index contributed by atoms with van der Waals surface area (Å²) in [6, 6.07) is 7.31. The average molecular weight is 364 g/mol. The maximum absolute atomic E-state index is 12.7. The summed E-state index contributed by atoms with van der Waals surface area (Å²) in [5.74, 6) is 0.0182. The summed E-state index contributed by atoms with van der Waals surface area (Å²) in [5, 5.41) is 0. The number of amides is 1. The summed E-state index contributed by atoms with van der Waals surface area (Å²) in [5.41, 5.74) is 3.51. The lowest BCUT2D eigenvalue weighted by Gasteiger charge is -2.25. The summed E-state index contributed by atoms with van der Waals surface area (Å²) >= 11 is 1.30. The lowest BCUT2D eigenvalue weighted by Crippen LogP contribution is -2.33. The topological polar surface area (TPSA) is 66.5 Å². The fraction of sp³-hybridized carbons (Fsp3) is 0.353. The first-order valence-corrected chi connectivity index (χ1v) is 10.0. The van der Waals surface area contributed by atoms with Gasteiger partial charge in [0.2, 0.25) is 5.91 Å². The highest BCUT2D eigenvalue weighted by Crippen LogP contribution is 2.32. The maximum Gasteiger partial charge on any atom is 0.271 e. The van der Waals surface area contributed by atoms with E-state index in [-0.39, 0.29) is 5.91 Å². The Morgan fingerprint density at radius 3 is 2.67 bits per heavy atom. The minimum Gasteiger partial charge on any atom is -0.338 e. The van der Waals surface area contributed by atoms with Crippen LogP contribution < -0.4 is 4.72 Å². The van der Waals surface area contributed by atoms with Crippen LogP contribution in [-0.4, -0.2) is 25.8 Å². The molecule has 1 aromatic heterocycles. The van der Waals surface area contributed by atoms with Crippen molar-refractivity contribution in [3.8, 4) is 0 Å². The van der Waals surface area contributed by atoms with Gasteiger partial charge in [-0.2, -0.15) is 0 Å². The zero-order chi connectivity index (χ0) is 17.5. The first-order chi connectivity index (χ1) is 11.3. The molecule has 0 atom stereocenters. The molecule has 128 valence electrons. The highest BCUT2D eigenvalue weighted by atomic mass is 32.2. The predicted molar refractivity (Wildman–Crippen MR) is 95.8 cm³/mol. The molecule has 0 aliphatic carbocycles. The van der Waals surface area contributed by atoms with Crippen LogP contribution in [0.5, 0.6) is 0 Å². The highest BCUT2D eigenvalue weighted by Gasteiger charge is 2.25. The van der Waals surface area contributed by atoms with Gasteiger partial charge in [0.15, 0.2) is 0 Å².